The van der Waals surface area contributed by atoms with E-state index < -0.39 is 11.7 Å². The van der Waals surface area contributed by atoms with Crippen LogP contribution in [0.2, 0.25) is 0 Å². The molecule has 0 fully saturated rings. The minimum Gasteiger partial charge on any atom is -0.417 e. The van der Waals surface area contributed by atoms with E-state index in [-0.39, 0.29) is 37.7 Å². The predicted octanol–water partition coefficient (Wildman–Crippen LogP) is 4.99. The number of rotatable bonds is 3. The minimum absolute atomic E-state index is 0. The normalized spacial score (nSPS) is 11.5. The van der Waals surface area contributed by atoms with Crippen molar-refractivity contribution in [1.82, 2.24) is 4.57 Å². The summed E-state index contributed by atoms with van der Waals surface area (Å²) in [6.45, 7) is 0.307. The van der Waals surface area contributed by atoms with Gasteiger partial charge in [0.1, 0.15) is 0 Å². The number of nitrogens with zero attached hydrogens (tertiary/aromatic N) is 1. The van der Waals surface area contributed by atoms with E-state index in [4.69, 9.17) is 0 Å². The monoisotopic (exact) mass is 551 g/mol. The SMILES string of the molecule is O=[C-]c1cc2scc(Br)c2n1Cc1ccc(C(F)(F)F)cc1.[Ho]. The Hall–Kier alpha value is -0.340. The van der Waals surface area contributed by atoms with E-state index in [0.29, 0.717) is 17.8 Å². The Kier molecular flexibility index (Phi) is 6.00. The molecule has 2 heterocycles. The van der Waals surface area contributed by atoms with E-state index in [0.717, 1.165) is 26.8 Å². The molecule has 2 nitrogen and oxygen atoms in total. The fourth-order valence-electron chi connectivity index (χ4n) is 2.26. The van der Waals surface area contributed by atoms with Crippen molar-refractivity contribution >= 4 is 43.8 Å². The van der Waals surface area contributed by atoms with Gasteiger partial charge in [0.25, 0.3) is 0 Å². The molecule has 1 aromatic carbocycles. The van der Waals surface area contributed by atoms with Crippen LogP contribution in [0, 0.1) is 37.7 Å². The summed E-state index contributed by atoms with van der Waals surface area (Å²) in [6, 6.07) is 6.65. The first-order valence-electron chi connectivity index (χ1n) is 6.20. The topological polar surface area (TPSA) is 22.0 Å². The molecule has 2 aromatic heterocycles. The molecule has 0 aliphatic heterocycles. The third kappa shape index (κ3) is 3.85. The standard InChI is InChI=1S/C15H8BrF3NOS.Ho/c16-12-8-22-13-5-11(7-21)20(14(12)13)6-9-1-3-10(4-2-9)15(17,18)19;/h1-5,8H,6H2;/q-1;. The number of benzene rings is 1. The largest absolute Gasteiger partial charge is 0.417 e. The average Bonchev–Trinajstić information content (AvgIpc) is 2.99. The van der Waals surface area contributed by atoms with Gasteiger partial charge in [0.15, 0.2) is 0 Å². The number of fused-ring (bicyclic) bond motifs is 1. The van der Waals surface area contributed by atoms with Crippen LogP contribution >= 0.6 is 27.3 Å². The number of thiophene rings is 1. The van der Waals surface area contributed by atoms with E-state index >= 15 is 0 Å². The van der Waals surface area contributed by atoms with Gasteiger partial charge in [-0.1, -0.05) is 17.8 Å². The molecule has 0 aliphatic carbocycles. The van der Waals surface area contributed by atoms with Gasteiger partial charge in [0, 0.05) is 55.9 Å². The summed E-state index contributed by atoms with van der Waals surface area (Å²) in [5.41, 5.74) is 1.22. The van der Waals surface area contributed by atoms with Crippen molar-refractivity contribution < 1.29 is 55.7 Å². The Labute approximate surface area is 172 Å². The first-order chi connectivity index (χ1) is 10.4. The molecule has 0 atom stereocenters. The van der Waals surface area contributed by atoms with Crippen LogP contribution in [-0.4, -0.2) is 10.9 Å². The molecule has 0 unspecified atom stereocenters. The van der Waals surface area contributed by atoms with Gasteiger partial charge in [0.2, 0.25) is 0 Å². The molecule has 125 valence electrons. The van der Waals surface area contributed by atoms with E-state index in [1.807, 2.05) is 11.7 Å². The van der Waals surface area contributed by atoms with Gasteiger partial charge < -0.3 is 9.36 Å². The molecule has 0 N–H and O–H groups in total. The Bertz CT molecular complexity index is 839. The summed E-state index contributed by atoms with van der Waals surface area (Å²) < 4.78 is 41.2. The molecule has 0 saturated carbocycles. The number of halogens is 4. The van der Waals surface area contributed by atoms with E-state index in [1.165, 1.54) is 23.5 Å². The number of alkyl halides is 3. The Morgan fingerprint density at radius 2 is 1.87 bits per heavy atom. The van der Waals surface area contributed by atoms with E-state index in [1.54, 1.807) is 10.6 Å². The molecule has 0 bridgehead atoms. The Morgan fingerprint density at radius 3 is 2.43 bits per heavy atom. The first kappa shape index (κ1) is 19.0. The first-order valence-corrected chi connectivity index (χ1v) is 7.88. The van der Waals surface area contributed by atoms with Crippen LogP contribution < -0.4 is 0 Å². The third-order valence-electron chi connectivity index (χ3n) is 3.30. The van der Waals surface area contributed by atoms with Gasteiger partial charge in [-0.05, 0) is 38.3 Å². The van der Waals surface area contributed by atoms with Crippen LogP contribution in [0.15, 0.2) is 40.2 Å². The van der Waals surface area contributed by atoms with E-state index in [9.17, 15) is 18.0 Å². The maximum atomic E-state index is 12.6. The number of carbonyl (C=O) groups excluding carboxylic acids is 1. The van der Waals surface area contributed by atoms with Gasteiger partial charge in [0.05, 0.1) is 15.6 Å². The Morgan fingerprint density at radius 1 is 1.22 bits per heavy atom. The zero-order valence-electron chi connectivity index (χ0n) is 11.2. The quantitative estimate of drug-likeness (QED) is 0.332. The van der Waals surface area contributed by atoms with Crippen LogP contribution in [0.25, 0.3) is 10.2 Å². The van der Waals surface area contributed by atoms with Crippen molar-refractivity contribution in [1.29, 1.82) is 0 Å². The van der Waals surface area contributed by atoms with Gasteiger partial charge >= 0.3 is 6.18 Å². The summed E-state index contributed by atoms with van der Waals surface area (Å²) in [5, 5.41) is 1.91. The fourth-order valence-corrected chi connectivity index (χ4v) is 3.95. The molecular weight excluding hydrogens is 544 g/mol. The van der Waals surface area contributed by atoms with Crippen LogP contribution in [0.4, 0.5) is 13.2 Å². The van der Waals surface area contributed by atoms with Crippen molar-refractivity contribution in [2.45, 2.75) is 12.7 Å². The molecule has 3 rings (SSSR count). The molecule has 0 spiro atoms. The van der Waals surface area contributed by atoms with Crippen molar-refractivity contribution in [2.24, 2.45) is 0 Å². The third-order valence-corrected chi connectivity index (χ3v) is 5.13. The molecule has 23 heavy (non-hydrogen) atoms. The van der Waals surface area contributed by atoms with Crippen molar-refractivity contribution in [3.8, 4) is 0 Å². The van der Waals surface area contributed by atoms with Crippen LogP contribution in [0.3, 0.4) is 0 Å². The van der Waals surface area contributed by atoms with Gasteiger partial charge in [-0.2, -0.15) is 30.6 Å². The summed E-state index contributed by atoms with van der Waals surface area (Å²) in [6.07, 6.45) is -2.48. The summed E-state index contributed by atoms with van der Waals surface area (Å²) >= 11 is 4.91. The van der Waals surface area contributed by atoms with Gasteiger partial charge in [-0.3, -0.25) is 0 Å². The molecule has 1 radical (unpaired) electrons. The maximum absolute atomic E-state index is 12.6. The van der Waals surface area contributed by atoms with Crippen molar-refractivity contribution in [2.75, 3.05) is 0 Å². The van der Waals surface area contributed by atoms with Crippen LogP contribution in [0.1, 0.15) is 16.8 Å². The van der Waals surface area contributed by atoms with Crippen LogP contribution in [-0.2, 0) is 17.5 Å². The van der Waals surface area contributed by atoms with Crippen LogP contribution in [0.5, 0.6) is 0 Å². The average molecular weight is 552 g/mol. The summed E-state index contributed by atoms with van der Waals surface area (Å²) in [7, 11) is 0. The summed E-state index contributed by atoms with van der Waals surface area (Å²) in [4.78, 5) is 11.1. The zero-order chi connectivity index (χ0) is 15.9. The second-order valence-corrected chi connectivity index (χ2v) is 6.47. The fraction of sp³-hybridized carbons (Fsp3) is 0.133. The second kappa shape index (κ2) is 7.27. The Balaban J connectivity index is 0.00000192. The predicted molar refractivity (Wildman–Crippen MR) is 82.9 cm³/mol. The van der Waals surface area contributed by atoms with Gasteiger partial charge in [-0.15, -0.1) is 0 Å². The molecule has 0 saturated heterocycles. The van der Waals surface area contributed by atoms with Crippen molar-refractivity contribution in [3.63, 3.8) is 0 Å². The zero-order valence-corrected chi connectivity index (χ0v) is 15.6. The number of aromatic nitrogens is 1. The van der Waals surface area contributed by atoms with Crippen molar-refractivity contribution in [3.05, 3.63) is 57.0 Å². The molecular formula is C15H8BrF3HoNOS-. The van der Waals surface area contributed by atoms with E-state index in [2.05, 4.69) is 15.9 Å². The second-order valence-electron chi connectivity index (χ2n) is 4.71. The molecule has 8 heteroatoms. The summed E-state index contributed by atoms with van der Waals surface area (Å²) in [5.74, 6) is 0. The van der Waals surface area contributed by atoms with Gasteiger partial charge in [-0.25, -0.2) is 0 Å². The molecule has 3 aromatic rings. The molecule has 0 aliphatic rings. The number of hydrogen-bond acceptors (Lipinski definition) is 2. The minimum atomic E-state index is -4.35. The smallest absolute Gasteiger partial charge is 0.416 e. The number of hydrogen-bond donors (Lipinski definition) is 0. The molecule has 0 amide bonds. The maximum Gasteiger partial charge on any atom is 0.416 e.